The Kier molecular flexibility index (Phi) is 4.32. The molecule has 4 rings (SSSR count). The SMILES string of the molecule is O=C(CCn1cccn1)N1C[C@H]2COCC[C@@]2(O)[C@@H]2COCC[C@@H]21. The first-order chi connectivity index (χ1) is 11.7. The summed E-state index contributed by atoms with van der Waals surface area (Å²) < 4.78 is 13.0. The molecule has 132 valence electrons. The molecule has 7 nitrogen and oxygen atoms in total. The maximum absolute atomic E-state index is 12.8. The second kappa shape index (κ2) is 6.46. The molecule has 3 aliphatic heterocycles. The highest BCUT2D eigenvalue weighted by molar-refractivity contribution is 5.76. The van der Waals surface area contributed by atoms with Crippen molar-refractivity contribution in [3.63, 3.8) is 0 Å². The van der Waals surface area contributed by atoms with Gasteiger partial charge in [-0.2, -0.15) is 5.10 Å². The van der Waals surface area contributed by atoms with E-state index in [1.807, 2.05) is 17.2 Å². The topological polar surface area (TPSA) is 76.8 Å². The van der Waals surface area contributed by atoms with Crippen LogP contribution in [0.15, 0.2) is 18.5 Å². The van der Waals surface area contributed by atoms with Gasteiger partial charge in [-0.3, -0.25) is 9.48 Å². The fourth-order valence-electron chi connectivity index (χ4n) is 4.53. The van der Waals surface area contributed by atoms with Gasteiger partial charge in [-0.05, 0) is 12.5 Å². The number of hydrogen-bond acceptors (Lipinski definition) is 5. The molecule has 0 bridgehead atoms. The minimum atomic E-state index is -0.762. The van der Waals surface area contributed by atoms with Crippen LogP contribution in [0.2, 0.25) is 0 Å². The molecule has 1 aromatic heterocycles. The molecule has 3 saturated heterocycles. The summed E-state index contributed by atoms with van der Waals surface area (Å²) in [6, 6.07) is 1.93. The molecule has 0 aromatic carbocycles. The van der Waals surface area contributed by atoms with Gasteiger partial charge in [-0.1, -0.05) is 0 Å². The first-order valence-corrected chi connectivity index (χ1v) is 8.83. The van der Waals surface area contributed by atoms with Crippen LogP contribution in [0.25, 0.3) is 0 Å². The van der Waals surface area contributed by atoms with E-state index in [0.29, 0.717) is 52.4 Å². The smallest absolute Gasteiger partial charge is 0.224 e. The lowest BCUT2D eigenvalue weighted by Gasteiger charge is -2.57. The van der Waals surface area contributed by atoms with Crippen molar-refractivity contribution in [2.75, 3.05) is 33.0 Å². The molecule has 4 heterocycles. The highest BCUT2D eigenvalue weighted by Crippen LogP contribution is 2.44. The van der Waals surface area contributed by atoms with Gasteiger partial charge in [-0.25, -0.2) is 0 Å². The molecule has 0 radical (unpaired) electrons. The van der Waals surface area contributed by atoms with Crippen LogP contribution in [-0.4, -0.2) is 70.3 Å². The van der Waals surface area contributed by atoms with Crippen LogP contribution in [0.3, 0.4) is 0 Å². The van der Waals surface area contributed by atoms with E-state index in [2.05, 4.69) is 5.10 Å². The molecule has 3 fully saturated rings. The summed E-state index contributed by atoms with van der Waals surface area (Å²) in [5, 5.41) is 15.4. The highest BCUT2D eigenvalue weighted by atomic mass is 16.5. The molecule has 0 unspecified atom stereocenters. The quantitative estimate of drug-likeness (QED) is 0.859. The molecular formula is C17H25N3O4. The van der Waals surface area contributed by atoms with Crippen molar-refractivity contribution >= 4 is 5.91 Å². The molecule has 1 aromatic rings. The average molecular weight is 335 g/mol. The summed E-state index contributed by atoms with van der Waals surface area (Å²) in [5.74, 6) is 0.0976. The van der Waals surface area contributed by atoms with Crippen LogP contribution < -0.4 is 0 Å². The molecule has 1 amide bonds. The monoisotopic (exact) mass is 335 g/mol. The zero-order chi connectivity index (χ0) is 16.6. The van der Waals surface area contributed by atoms with Crippen LogP contribution in [0.5, 0.6) is 0 Å². The second-order valence-corrected chi connectivity index (χ2v) is 7.12. The number of nitrogens with zero attached hydrogens (tertiary/aromatic N) is 3. The fraction of sp³-hybridized carbons (Fsp3) is 0.765. The fourth-order valence-corrected chi connectivity index (χ4v) is 4.53. The number of piperidine rings is 1. The van der Waals surface area contributed by atoms with Crippen LogP contribution in [0.4, 0.5) is 0 Å². The lowest BCUT2D eigenvalue weighted by atomic mass is 9.66. The normalized spacial score (nSPS) is 36.0. The number of carbonyl (C=O) groups is 1. The summed E-state index contributed by atoms with van der Waals surface area (Å²) >= 11 is 0. The maximum atomic E-state index is 12.8. The number of likely N-dealkylation sites (tertiary alicyclic amines) is 1. The van der Waals surface area contributed by atoms with Crippen molar-refractivity contribution in [3.8, 4) is 0 Å². The summed E-state index contributed by atoms with van der Waals surface area (Å²) in [4.78, 5) is 14.8. The molecule has 1 N–H and O–H groups in total. The number of aromatic nitrogens is 2. The van der Waals surface area contributed by atoms with Crippen molar-refractivity contribution in [2.45, 2.75) is 37.5 Å². The van der Waals surface area contributed by atoms with Crippen LogP contribution in [0, 0.1) is 11.8 Å². The largest absolute Gasteiger partial charge is 0.389 e. The standard InChI is InChI=1S/C17H25N3O4/c21-16(2-7-19-6-1-5-18-19)20-10-13-11-24-9-4-17(13,22)14-12-23-8-3-15(14)20/h1,5-6,13-15,22H,2-4,7-12H2/t13-,14+,15-,17-/m0/s1. The number of carbonyl (C=O) groups excluding carboxylic acids is 1. The van der Waals surface area contributed by atoms with E-state index >= 15 is 0 Å². The number of hydrogen-bond donors (Lipinski definition) is 1. The van der Waals surface area contributed by atoms with E-state index in [9.17, 15) is 9.90 Å². The van der Waals surface area contributed by atoms with Gasteiger partial charge in [-0.15, -0.1) is 0 Å². The van der Waals surface area contributed by atoms with E-state index in [1.165, 1.54) is 0 Å². The van der Waals surface area contributed by atoms with Gasteiger partial charge in [0.25, 0.3) is 0 Å². The predicted octanol–water partition coefficient (Wildman–Crippen LogP) is 0.288. The van der Waals surface area contributed by atoms with Gasteiger partial charge in [0.15, 0.2) is 0 Å². The summed E-state index contributed by atoms with van der Waals surface area (Å²) in [5.41, 5.74) is -0.762. The predicted molar refractivity (Wildman–Crippen MR) is 85.1 cm³/mol. The zero-order valence-corrected chi connectivity index (χ0v) is 13.8. The summed E-state index contributed by atoms with van der Waals surface area (Å²) in [7, 11) is 0. The van der Waals surface area contributed by atoms with Gasteiger partial charge in [0.05, 0.1) is 18.8 Å². The van der Waals surface area contributed by atoms with E-state index in [0.717, 1.165) is 6.42 Å². The molecule has 3 aliphatic rings. The van der Waals surface area contributed by atoms with E-state index < -0.39 is 5.60 Å². The van der Waals surface area contributed by atoms with Gasteiger partial charge in [0.1, 0.15) is 0 Å². The van der Waals surface area contributed by atoms with Crippen LogP contribution >= 0.6 is 0 Å². The number of amides is 1. The number of aryl methyl sites for hydroxylation is 1. The Morgan fingerprint density at radius 3 is 3.04 bits per heavy atom. The highest BCUT2D eigenvalue weighted by Gasteiger charge is 2.56. The Balaban J connectivity index is 1.50. The molecule has 0 saturated carbocycles. The van der Waals surface area contributed by atoms with Gasteiger partial charge < -0.3 is 19.5 Å². The maximum Gasteiger partial charge on any atom is 0.224 e. The Hall–Kier alpha value is -1.44. The van der Waals surface area contributed by atoms with Crippen LogP contribution in [-0.2, 0) is 20.8 Å². The average Bonchev–Trinajstić information content (AvgIpc) is 3.13. The van der Waals surface area contributed by atoms with Gasteiger partial charge in [0, 0.05) is 69.4 Å². The summed E-state index contributed by atoms with van der Waals surface area (Å²) in [6.45, 7) is 3.45. The minimum absolute atomic E-state index is 0.0115. The first-order valence-electron chi connectivity index (χ1n) is 8.83. The molecule has 7 heteroatoms. The lowest BCUT2D eigenvalue weighted by Crippen LogP contribution is -2.68. The Labute approximate surface area is 141 Å². The molecule has 0 spiro atoms. The van der Waals surface area contributed by atoms with E-state index in [4.69, 9.17) is 9.47 Å². The second-order valence-electron chi connectivity index (χ2n) is 7.12. The Morgan fingerprint density at radius 2 is 2.21 bits per heavy atom. The van der Waals surface area contributed by atoms with E-state index in [1.54, 1.807) is 10.9 Å². The number of aliphatic hydroxyl groups is 1. The molecular weight excluding hydrogens is 310 g/mol. The van der Waals surface area contributed by atoms with E-state index in [-0.39, 0.29) is 23.8 Å². The zero-order valence-electron chi connectivity index (χ0n) is 13.8. The Morgan fingerprint density at radius 1 is 1.33 bits per heavy atom. The lowest BCUT2D eigenvalue weighted by molar-refractivity contribution is -0.219. The van der Waals surface area contributed by atoms with Crippen molar-refractivity contribution in [3.05, 3.63) is 18.5 Å². The third-order valence-electron chi connectivity index (χ3n) is 5.89. The number of fused-ring (bicyclic) bond motifs is 3. The number of ether oxygens (including phenoxy) is 2. The van der Waals surface area contributed by atoms with Crippen molar-refractivity contribution < 1.29 is 19.4 Å². The van der Waals surface area contributed by atoms with Crippen molar-refractivity contribution in [2.24, 2.45) is 11.8 Å². The van der Waals surface area contributed by atoms with Crippen LogP contribution in [0.1, 0.15) is 19.3 Å². The Bertz CT molecular complexity index is 578. The van der Waals surface area contributed by atoms with Crippen molar-refractivity contribution in [1.29, 1.82) is 0 Å². The van der Waals surface area contributed by atoms with Crippen molar-refractivity contribution in [1.82, 2.24) is 14.7 Å². The molecule has 0 aliphatic carbocycles. The van der Waals surface area contributed by atoms with Gasteiger partial charge >= 0.3 is 0 Å². The third kappa shape index (κ3) is 2.74. The first kappa shape index (κ1) is 16.1. The summed E-state index contributed by atoms with van der Waals surface area (Å²) in [6.07, 6.45) is 5.46. The third-order valence-corrected chi connectivity index (χ3v) is 5.89. The van der Waals surface area contributed by atoms with Gasteiger partial charge in [0.2, 0.25) is 5.91 Å². The minimum Gasteiger partial charge on any atom is -0.389 e. The number of rotatable bonds is 3. The molecule has 24 heavy (non-hydrogen) atoms. The molecule has 4 atom stereocenters.